The average molecular weight is 419 g/mol. The second-order valence-corrected chi connectivity index (χ2v) is 9.63. The van der Waals surface area contributed by atoms with E-state index < -0.39 is 26.7 Å². The molecule has 6 nitrogen and oxygen atoms in total. The van der Waals surface area contributed by atoms with Crippen molar-refractivity contribution in [3.05, 3.63) is 29.0 Å². The SMILES string of the molecule is O=C(N[C@H]1CC[C@H](O)CC1)[C@H]1CCCN(S(=O)(=O)c2cc(Cl)ccc2F)C1. The van der Waals surface area contributed by atoms with E-state index in [1.165, 1.54) is 10.4 Å². The molecular formula is C18H24ClFN2O4S. The number of hydrogen-bond donors (Lipinski definition) is 2. The molecule has 2 aliphatic rings. The van der Waals surface area contributed by atoms with Crippen molar-refractivity contribution in [1.29, 1.82) is 0 Å². The summed E-state index contributed by atoms with van der Waals surface area (Å²) in [6.45, 7) is 0.267. The van der Waals surface area contributed by atoms with Gasteiger partial charge in [-0.25, -0.2) is 12.8 Å². The van der Waals surface area contributed by atoms with Gasteiger partial charge in [-0.1, -0.05) is 11.6 Å². The summed E-state index contributed by atoms with van der Waals surface area (Å²) in [4.78, 5) is 12.1. The first-order chi connectivity index (χ1) is 12.8. The van der Waals surface area contributed by atoms with Crippen molar-refractivity contribution in [3.63, 3.8) is 0 Å². The third-order valence-electron chi connectivity index (χ3n) is 5.31. The van der Waals surface area contributed by atoms with Gasteiger partial charge in [0.15, 0.2) is 0 Å². The van der Waals surface area contributed by atoms with Crippen LogP contribution in [0, 0.1) is 11.7 Å². The molecule has 1 atom stereocenters. The standard InChI is InChI=1S/C18H24ClFN2O4S/c19-13-3-8-16(20)17(10-13)27(25,26)22-9-1-2-12(11-22)18(24)21-14-4-6-15(23)7-5-14/h3,8,10,12,14-15,23H,1-2,4-7,9,11H2,(H,21,24)/t12-,14-,15-/m0/s1. The number of nitrogens with one attached hydrogen (secondary N) is 1. The number of sulfonamides is 1. The van der Waals surface area contributed by atoms with Gasteiger partial charge in [-0.15, -0.1) is 0 Å². The van der Waals surface area contributed by atoms with Gasteiger partial charge in [0.05, 0.1) is 12.0 Å². The summed E-state index contributed by atoms with van der Waals surface area (Å²) in [5, 5.41) is 12.7. The van der Waals surface area contributed by atoms with E-state index in [1.54, 1.807) is 0 Å². The fraction of sp³-hybridized carbons (Fsp3) is 0.611. The lowest BCUT2D eigenvalue weighted by Gasteiger charge is -2.33. The largest absolute Gasteiger partial charge is 0.393 e. The number of benzene rings is 1. The number of piperidine rings is 1. The summed E-state index contributed by atoms with van der Waals surface area (Å²) in [7, 11) is -4.06. The lowest BCUT2D eigenvalue weighted by Crippen LogP contribution is -2.48. The Morgan fingerprint density at radius 3 is 2.63 bits per heavy atom. The summed E-state index contributed by atoms with van der Waals surface area (Å²) in [5.74, 6) is -1.50. The predicted molar refractivity (Wildman–Crippen MR) is 99.3 cm³/mol. The molecule has 0 unspecified atom stereocenters. The number of aliphatic hydroxyl groups excluding tert-OH is 1. The van der Waals surface area contributed by atoms with Crippen LogP contribution in [0.4, 0.5) is 4.39 Å². The normalized spacial score (nSPS) is 27.3. The van der Waals surface area contributed by atoms with Gasteiger partial charge in [0, 0.05) is 24.2 Å². The molecule has 1 heterocycles. The van der Waals surface area contributed by atoms with Crippen LogP contribution in [0.2, 0.25) is 5.02 Å². The van der Waals surface area contributed by atoms with E-state index in [-0.39, 0.29) is 36.2 Å². The molecule has 0 aromatic heterocycles. The molecule has 3 rings (SSSR count). The van der Waals surface area contributed by atoms with Gasteiger partial charge in [-0.05, 0) is 56.7 Å². The van der Waals surface area contributed by atoms with Crippen LogP contribution in [0.15, 0.2) is 23.1 Å². The first-order valence-electron chi connectivity index (χ1n) is 9.21. The Balaban J connectivity index is 1.68. The highest BCUT2D eigenvalue weighted by atomic mass is 35.5. The Kier molecular flexibility index (Phi) is 6.40. The number of carbonyl (C=O) groups excluding carboxylic acids is 1. The zero-order valence-corrected chi connectivity index (χ0v) is 16.5. The second kappa shape index (κ2) is 8.43. The van der Waals surface area contributed by atoms with E-state index >= 15 is 0 Å². The molecule has 1 aliphatic carbocycles. The van der Waals surface area contributed by atoms with Gasteiger partial charge in [0.2, 0.25) is 15.9 Å². The minimum Gasteiger partial charge on any atom is -0.393 e. The Morgan fingerprint density at radius 1 is 1.22 bits per heavy atom. The highest BCUT2D eigenvalue weighted by Gasteiger charge is 2.35. The van der Waals surface area contributed by atoms with Crippen LogP contribution in [0.5, 0.6) is 0 Å². The van der Waals surface area contributed by atoms with Crippen molar-refractivity contribution >= 4 is 27.5 Å². The first-order valence-corrected chi connectivity index (χ1v) is 11.0. The van der Waals surface area contributed by atoms with Crippen molar-refractivity contribution in [2.24, 2.45) is 5.92 Å². The van der Waals surface area contributed by atoms with Gasteiger partial charge in [-0.2, -0.15) is 4.31 Å². The maximum absolute atomic E-state index is 14.1. The van der Waals surface area contributed by atoms with Crippen LogP contribution < -0.4 is 5.32 Å². The van der Waals surface area contributed by atoms with Crippen molar-refractivity contribution in [3.8, 4) is 0 Å². The predicted octanol–water partition coefficient (Wildman–Crippen LogP) is 2.30. The molecule has 0 spiro atoms. The average Bonchev–Trinajstić information content (AvgIpc) is 2.65. The molecule has 1 amide bonds. The zero-order valence-electron chi connectivity index (χ0n) is 14.9. The molecule has 1 aliphatic heterocycles. The number of rotatable bonds is 4. The summed E-state index contributed by atoms with van der Waals surface area (Å²) in [6.07, 6.45) is 3.56. The molecule has 150 valence electrons. The van der Waals surface area contributed by atoms with Gasteiger partial charge in [0.25, 0.3) is 0 Å². The smallest absolute Gasteiger partial charge is 0.246 e. The van der Waals surface area contributed by atoms with Crippen molar-refractivity contribution in [2.45, 2.75) is 55.6 Å². The minimum absolute atomic E-state index is 0.0123. The summed E-state index contributed by atoms with van der Waals surface area (Å²) >= 11 is 5.83. The molecular weight excluding hydrogens is 395 g/mol. The maximum Gasteiger partial charge on any atom is 0.246 e. The van der Waals surface area contributed by atoms with Gasteiger partial charge < -0.3 is 10.4 Å². The van der Waals surface area contributed by atoms with Crippen LogP contribution in [-0.2, 0) is 14.8 Å². The molecule has 27 heavy (non-hydrogen) atoms. The van der Waals surface area contributed by atoms with E-state index in [2.05, 4.69) is 5.32 Å². The van der Waals surface area contributed by atoms with Crippen molar-refractivity contribution in [2.75, 3.05) is 13.1 Å². The third kappa shape index (κ3) is 4.80. The Hall–Kier alpha value is -1.22. The van der Waals surface area contributed by atoms with Crippen LogP contribution in [0.1, 0.15) is 38.5 Å². The molecule has 1 aromatic rings. The highest BCUT2D eigenvalue weighted by Crippen LogP contribution is 2.28. The molecule has 2 N–H and O–H groups in total. The summed E-state index contributed by atoms with van der Waals surface area (Å²) in [5.41, 5.74) is 0. The minimum atomic E-state index is -4.06. The zero-order chi connectivity index (χ0) is 19.6. The van der Waals surface area contributed by atoms with Crippen molar-refractivity contribution < 1.29 is 22.7 Å². The molecule has 2 fully saturated rings. The van der Waals surface area contributed by atoms with Gasteiger partial charge in [0.1, 0.15) is 10.7 Å². The number of nitrogens with zero attached hydrogens (tertiary/aromatic N) is 1. The van der Waals surface area contributed by atoms with Crippen LogP contribution in [0.3, 0.4) is 0 Å². The van der Waals surface area contributed by atoms with Crippen LogP contribution in [0.25, 0.3) is 0 Å². The molecule has 0 bridgehead atoms. The Bertz CT molecular complexity index is 797. The molecule has 0 radical (unpaired) electrons. The topological polar surface area (TPSA) is 86.7 Å². The summed E-state index contributed by atoms with van der Waals surface area (Å²) < 4.78 is 40.9. The quantitative estimate of drug-likeness (QED) is 0.785. The summed E-state index contributed by atoms with van der Waals surface area (Å²) in [6, 6.07) is 3.44. The van der Waals surface area contributed by atoms with Crippen LogP contribution >= 0.6 is 11.6 Å². The van der Waals surface area contributed by atoms with E-state index in [4.69, 9.17) is 11.6 Å². The van der Waals surface area contributed by atoms with E-state index in [0.29, 0.717) is 25.7 Å². The first kappa shape index (κ1) is 20.5. The molecule has 1 saturated carbocycles. The van der Waals surface area contributed by atoms with E-state index in [9.17, 15) is 22.7 Å². The maximum atomic E-state index is 14.1. The Morgan fingerprint density at radius 2 is 1.93 bits per heavy atom. The molecule has 1 saturated heterocycles. The second-order valence-electron chi connectivity index (χ2n) is 7.29. The number of aliphatic hydroxyl groups is 1. The Labute approximate surface area is 163 Å². The third-order valence-corrected chi connectivity index (χ3v) is 7.42. The van der Waals surface area contributed by atoms with E-state index in [0.717, 1.165) is 25.0 Å². The van der Waals surface area contributed by atoms with Gasteiger partial charge >= 0.3 is 0 Å². The molecule has 9 heteroatoms. The van der Waals surface area contributed by atoms with E-state index in [1.807, 2.05) is 0 Å². The fourth-order valence-electron chi connectivity index (χ4n) is 3.73. The highest BCUT2D eigenvalue weighted by molar-refractivity contribution is 7.89. The fourth-order valence-corrected chi connectivity index (χ4v) is 5.58. The van der Waals surface area contributed by atoms with Gasteiger partial charge in [-0.3, -0.25) is 4.79 Å². The lowest BCUT2D eigenvalue weighted by atomic mass is 9.92. The lowest BCUT2D eigenvalue weighted by molar-refractivity contribution is -0.127. The van der Waals surface area contributed by atoms with Crippen LogP contribution in [-0.4, -0.2) is 49.0 Å². The number of amides is 1. The van der Waals surface area contributed by atoms with Crippen molar-refractivity contribution in [1.82, 2.24) is 9.62 Å². The molecule has 1 aromatic carbocycles. The number of halogens is 2. The number of carbonyl (C=O) groups is 1. The monoisotopic (exact) mass is 418 g/mol. The number of hydrogen-bond acceptors (Lipinski definition) is 4.